The smallest absolute Gasteiger partial charge is 0.281 e. The quantitative estimate of drug-likeness (QED) is 0.810. The first-order chi connectivity index (χ1) is 5.52. The van der Waals surface area contributed by atoms with E-state index in [0.29, 0.717) is 0 Å². The second-order valence-electron chi connectivity index (χ2n) is 2.03. The van der Waals surface area contributed by atoms with E-state index in [-0.39, 0.29) is 20.1 Å². The molecule has 0 fully saturated rings. The van der Waals surface area contributed by atoms with E-state index < -0.39 is 6.43 Å². The number of hydrogen-bond donors (Lipinski definition) is 1. The van der Waals surface area contributed by atoms with Gasteiger partial charge < -0.3 is 5.73 Å². The highest BCUT2D eigenvalue weighted by atomic mass is 127. The lowest BCUT2D eigenvalue weighted by atomic mass is 10.3. The van der Waals surface area contributed by atoms with E-state index in [2.05, 4.69) is 4.98 Å². The summed E-state index contributed by atoms with van der Waals surface area (Å²) in [5.74, 6) is 0.00992. The molecular formula is C6H4ClF2IN2. The minimum Gasteiger partial charge on any atom is -0.384 e. The van der Waals surface area contributed by atoms with Crippen molar-refractivity contribution >= 4 is 40.0 Å². The molecule has 2 nitrogen and oxygen atoms in total. The number of aromatic nitrogens is 1. The predicted octanol–water partition coefficient (Wildman–Crippen LogP) is 2.86. The van der Waals surface area contributed by atoms with E-state index in [0.717, 1.165) is 0 Å². The zero-order valence-corrected chi connectivity index (χ0v) is 8.60. The van der Waals surface area contributed by atoms with Crippen molar-refractivity contribution in [3.05, 3.63) is 20.4 Å². The molecule has 0 aliphatic carbocycles. The third-order valence-electron chi connectivity index (χ3n) is 1.17. The van der Waals surface area contributed by atoms with Gasteiger partial charge in [-0.15, -0.1) is 0 Å². The molecule has 0 amide bonds. The van der Waals surface area contributed by atoms with Crippen LogP contribution in [-0.4, -0.2) is 4.98 Å². The number of rotatable bonds is 1. The number of anilines is 1. The molecule has 0 radical (unpaired) electrons. The summed E-state index contributed by atoms with van der Waals surface area (Å²) in [6.45, 7) is 0. The van der Waals surface area contributed by atoms with E-state index in [9.17, 15) is 8.78 Å². The summed E-state index contributed by atoms with van der Waals surface area (Å²) in [4.78, 5) is 3.47. The molecule has 1 aromatic rings. The van der Waals surface area contributed by atoms with Crippen LogP contribution in [0, 0.1) is 3.57 Å². The summed E-state index contributed by atoms with van der Waals surface area (Å²) in [5, 5.41) is 0.207. The van der Waals surface area contributed by atoms with Crippen LogP contribution < -0.4 is 5.73 Å². The third kappa shape index (κ3) is 1.95. The van der Waals surface area contributed by atoms with Gasteiger partial charge in [-0.2, -0.15) is 0 Å². The lowest BCUT2D eigenvalue weighted by Gasteiger charge is -2.04. The van der Waals surface area contributed by atoms with Crippen molar-refractivity contribution in [3.63, 3.8) is 0 Å². The maximum atomic E-state index is 12.2. The Morgan fingerprint density at radius 1 is 1.58 bits per heavy atom. The van der Waals surface area contributed by atoms with Gasteiger partial charge in [0, 0.05) is 0 Å². The average molecular weight is 304 g/mol. The number of halogens is 4. The Hall–Kier alpha value is -0.170. The zero-order valence-electron chi connectivity index (χ0n) is 5.69. The first-order valence-corrected chi connectivity index (χ1v) is 4.37. The Bertz CT molecular complexity index is 306. The predicted molar refractivity (Wildman–Crippen MR) is 51.3 cm³/mol. The molecule has 0 aromatic carbocycles. The van der Waals surface area contributed by atoms with Crippen molar-refractivity contribution in [1.29, 1.82) is 0 Å². The van der Waals surface area contributed by atoms with E-state index in [1.165, 1.54) is 6.07 Å². The van der Waals surface area contributed by atoms with Crippen molar-refractivity contribution in [2.45, 2.75) is 6.43 Å². The van der Waals surface area contributed by atoms with Gasteiger partial charge in [-0.1, -0.05) is 11.6 Å². The number of pyridine rings is 1. The van der Waals surface area contributed by atoms with Crippen molar-refractivity contribution in [2.24, 2.45) is 0 Å². The molecule has 0 saturated carbocycles. The Morgan fingerprint density at radius 3 is 2.67 bits per heavy atom. The largest absolute Gasteiger partial charge is 0.384 e. The molecule has 0 atom stereocenters. The first kappa shape index (κ1) is 9.91. The molecule has 12 heavy (non-hydrogen) atoms. The molecule has 6 heteroatoms. The molecule has 0 unspecified atom stereocenters. The molecule has 1 heterocycles. The molecule has 0 aliphatic heterocycles. The average Bonchev–Trinajstić information content (AvgIpc) is 1.96. The van der Waals surface area contributed by atoms with E-state index >= 15 is 0 Å². The third-order valence-corrected chi connectivity index (χ3v) is 2.92. The van der Waals surface area contributed by atoms with Gasteiger partial charge in [0.05, 0.1) is 8.59 Å². The SMILES string of the molecule is Nc1cc(Cl)c(I)c(C(F)F)n1. The topological polar surface area (TPSA) is 38.9 Å². The van der Waals surface area contributed by atoms with Crippen molar-refractivity contribution in [2.75, 3.05) is 5.73 Å². The van der Waals surface area contributed by atoms with Gasteiger partial charge in [0.2, 0.25) is 0 Å². The van der Waals surface area contributed by atoms with Gasteiger partial charge in [-0.3, -0.25) is 0 Å². The zero-order chi connectivity index (χ0) is 9.30. The fraction of sp³-hybridized carbons (Fsp3) is 0.167. The Balaban J connectivity index is 3.28. The van der Waals surface area contributed by atoms with Crippen LogP contribution in [0.15, 0.2) is 6.07 Å². The first-order valence-electron chi connectivity index (χ1n) is 2.92. The highest BCUT2D eigenvalue weighted by Crippen LogP contribution is 2.29. The number of hydrogen-bond acceptors (Lipinski definition) is 2. The van der Waals surface area contributed by atoms with Crippen LogP contribution in [0.25, 0.3) is 0 Å². The van der Waals surface area contributed by atoms with Gasteiger partial charge in [0.15, 0.2) is 0 Å². The molecule has 0 saturated heterocycles. The molecule has 0 aliphatic rings. The minimum atomic E-state index is -2.64. The highest BCUT2D eigenvalue weighted by Gasteiger charge is 2.16. The second kappa shape index (κ2) is 3.69. The van der Waals surface area contributed by atoms with Gasteiger partial charge >= 0.3 is 0 Å². The lowest BCUT2D eigenvalue weighted by molar-refractivity contribution is 0.145. The molecule has 66 valence electrons. The summed E-state index contributed by atoms with van der Waals surface area (Å²) in [7, 11) is 0. The van der Waals surface area contributed by atoms with Gasteiger partial charge in [-0.25, -0.2) is 13.8 Å². The van der Waals surface area contributed by atoms with Crippen LogP contribution in [0.4, 0.5) is 14.6 Å². The van der Waals surface area contributed by atoms with E-state index in [4.69, 9.17) is 17.3 Å². The minimum absolute atomic E-state index is 0.00992. The summed E-state index contributed by atoms with van der Waals surface area (Å²) in [5.41, 5.74) is 4.87. The van der Waals surface area contributed by atoms with Crippen LogP contribution in [-0.2, 0) is 0 Å². The highest BCUT2D eigenvalue weighted by molar-refractivity contribution is 14.1. The number of nitrogens with two attached hydrogens (primary N) is 1. The standard InChI is InChI=1S/C6H4ClF2IN2/c7-2-1-3(11)12-5(4(2)10)6(8)9/h1,6H,(H2,11,12). The Kier molecular flexibility index (Phi) is 3.05. The van der Waals surface area contributed by atoms with Crippen molar-refractivity contribution < 1.29 is 8.78 Å². The number of alkyl halides is 2. The molecule has 2 N–H and O–H groups in total. The van der Waals surface area contributed by atoms with Gasteiger partial charge in [0.25, 0.3) is 6.43 Å². The molecule has 1 aromatic heterocycles. The van der Waals surface area contributed by atoms with Crippen LogP contribution in [0.3, 0.4) is 0 Å². The summed E-state index contributed by atoms with van der Waals surface area (Å²) in [6, 6.07) is 1.34. The van der Waals surface area contributed by atoms with E-state index in [1.807, 2.05) is 0 Å². The molecular weight excluding hydrogens is 300 g/mol. The monoisotopic (exact) mass is 304 g/mol. The number of nitrogens with zero attached hydrogens (tertiary/aromatic N) is 1. The second-order valence-corrected chi connectivity index (χ2v) is 3.51. The maximum absolute atomic E-state index is 12.2. The molecule has 1 rings (SSSR count). The summed E-state index contributed by atoms with van der Waals surface area (Å²) < 4.78 is 24.7. The Labute approximate surface area is 86.3 Å². The van der Waals surface area contributed by atoms with Crippen LogP contribution in [0.1, 0.15) is 12.1 Å². The van der Waals surface area contributed by atoms with Gasteiger partial charge in [0.1, 0.15) is 11.5 Å². The number of nitrogen functional groups attached to an aromatic ring is 1. The van der Waals surface area contributed by atoms with Crippen molar-refractivity contribution in [3.8, 4) is 0 Å². The summed E-state index contributed by atoms with van der Waals surface area (Å²) in [6.07, 6.45) is -2.64. The van der Waals surface area contributed by atoms with E-state index in [1.54, 1.807) is 22.6 Å². The maximum Gasteiger partial charge on any atom is 0.281 e. The van der Waals surface area contributed by atoms with Crippen LogP contribution in [0.5, 0.6) is 0 Å². The normalized spacial score (nSPS) is 10.8. The molecule has 0 bridgehead atoms. The fourth-order valence-electron chi connectivity index (χ4n) is 0.681. The lowest BCUT2D eigenvalue weighted by Crippen LogP contribution is -1.99. The van der Waals surface area contributed by atoms with Crippen molar-refractivity contribution in [1.82, 2.24) is 4.98 Å². The van der Waals surface area contributed by atoms with Crippen LogP contribution >= 0.6 is 34.2 Å². The van der Waals surface area contributed by atoms with Gasteiger partial charge in [-0.05, 0) is 28.7 Å². The molecule has 0 spiro atoms. The fourth-order valence-corrected chi connectivity index (χ4v) is 1.40. The Morgan fingerprint density at radius 2 is 2.17 bits per heavy atom. The van der Waals surface area contributed by atoms with Crippen LogP contribution in [0.2, 0.25) is 5.02 Å². The summed E-state index contributed by atoms with van der Waals surface area (Å²) >= 11 is 7.31.